The Hall–Kier alpha value is -3.77. The molecule has 5 aromatic rings. The van der Waals surface area contributed by atoms with Crippen LogP contribution in [0.3, 0.4) is 0 Å². The normalized spacial score (nSPS) is 11.4. The van der Waals surface area contributed by atoms with Crippen LogP contribution < -0.4 is 5.43 Å². The molecule has 0 saturated heterocycles. The summed E-state index contributed by atoms with van der Waals surface area (Å²) in [6.45, 7) is 0.589. The summed E-state index contributed by atoms with van der Waals surface area (Å²) in [7, 11) is 0. The monoisotopic (exact) mass is 482 g/mol. The molecule has 0 radical (unpaired) electrons. The van der Waals surface area contributed by atoms with Gasteiger partial charge in [0.25, 0.3) is 5.91 Å². The van der Waals surface area contributed by atoms with Crippen molar-refractivity contribution >= 4 is 49.6 Å². The lowest BCUT2D eigenvalue weighted by Crippen LogP contribution is -2.18. The van der Waals surface area contributed by atoms with Crippen LogP contribution in [0.5, 0.6) is 0 Å². The molecule has 1 amide bonds. The number of rotatable bonds is 5. The van der Waals surface area contributed by atoms with Gasteiger partial charge in [-0.1, -0.05) is 76.6 Å². The molecular formula is C26H19BrN4O. The molecule has 0 atom stereocenters. The maximum atomic E-state index is 12.6. The zero-order valence-electron chi connectivity index (χ0n) is 17.1. The van der Waals surface area contributed by atoms with E-state index in [1.807, 2.05) is 48.5 Å². The van der Waals surface area contributed by atoms with Gasteiger partial charge in [-0.15, -0.1) is 0 Å². The Morgan fingerprint density at radius 2 is 1.59 bits per heavy atom. The summed E-state index contributed by atoms with van der Waals surface area (Å²) in [5.74, 6) is -0.347. The highest BCUT2D eigenvalue weighted by atomic mass is 79.9. The van der Waals surface area contributed by atoms with Gasteiger partial charge in [-0.3, -0.25) is 9.48 Å². The molecule has 0 spiro atoms. The summed E-state index contributed by atoms with van der Waals surface area (Å²) in [5.41, 5.74) is 5.00. The minimum Gasteiger partial charge on any atom is -0.268 e. The molecule has 0 bridgehead atoms. The third-order valence-electron chi connectivity index (χ3n) is 5.30. The Morgan fingerprint density at radius 1 is 0.938 bits per heavy atom. The third kappa shape index (κ3) is 4.18. The molecule has 0 saturated carbocycles. The van der Waals surface area contributed by atoms with Crippen LogP contribution in [0.1, 0.15) is 21.6 Å². The molecule has 0 fully saturated rings. The predicted octanol–water partition coefficient (Wildman–Crippen LogP) is 5.76. The quantitative estimate of drug-likeness (QED) is 0.196. The first-order valence-electron chi connectivity index (χ1n) is 10.2. The minimum absolute atomic E-state index is 0.321. The second kappa shape index (κ2) is 8.77. The van der Waals surface area contributed by atoms with Crippen LogP contribution in [0.2, 0.25) is 0 Å². The number of amides is 1. The molecule has 0 aliphatic carbocycles. The third-order valence-corrected chi connectivity index (χ3v) is 5.83. The van der Waals surface area contributed by atoms with E-state index in [2.05, 4.69) is 61.9 Å². The number of fused-ring (bicyclic) bond motifs is 2. The zero-order valence-corrected chi connectivity index (χ0v) is 18.7. The van der Waals surface area contributed by atoms with E-state index in [1.165, 1.54) is 0 Å². The van der Waals surface area contributed by atoms with Crippen molar-refractivity contribution in [3.05, 3.63) is 112 Å². The second-order valence-electron chi connectivity index (χ2n) is 7.46. The van der Waals surface area contributed by atoms with E-state index < -0.39 is 0 Å². The number of carbonyl (C=O) groups is 1. The number of aromatic nitrogens is 2. The van der Waals surface area contributed by atoms with Crippen molar-refractivity contribution < 1.29 is 4.79 Å². The second-order valence-corrected chi connectivity index (χ2v) is 8.37. The number of carbonyl (C=O) groups excluding carboxylic acids is 1. The molecule has 1 heterocycles. The summed E-state index contributed by atoms with van der Waals surface area (Å²) < 4.78 is 2.76. The summed E-state index contributed by atoms with van der Waals surface area (Å²) in [5, 5.41) is 13.0. The molecule has 5 rings (SSSR count). The van der Waals surface area contributed by atoms with Gasteiger partial charge in [-0.2, -0.15) is 10.2 Å². The van der Waals surface area contributed by atoms with Crippen LogP contribution in [-0.2, 0) is 6.54 Å². The minimum atomic E-state index is -0.347. The highest BCUT2D eigenvalue weighted by molar-refractivity contribution is 9.10. The van der Waals surface area contributed by atoms with E-state index in [4.69, 9.17) is 0 Å². The lowest BCUT2D eigenvalue weighted by molar-refractivity contribution is 0.0949. The standard InChI is InChI=1S/C26H19BrN4O/c27-21-11-9-18(10-12-21)17-31-14-13-25(30-31)26(32)29-28-16-24-22-7-3-1-5-19(22)15-20-6-2-4-8-23(20)24/h1-16H,17H2,(H,29,32). The van der Waals surface area contributed by atoms with Gasteiger partial charge in [-0.25, -0.2) is 5.43 Å². The van der Waals surface area contributed by atoms with Crippen LogP contribution >= 0.6 is 15.9 Å². The maximum absolute atomic E-state index is 12.6. The first-order valence-corrected chi connectivity index (χ1v) is 11.0. The smallest absolute Gasteiger partial charge is 0.268 e. The van der Waals surface area contributed by atoms with Gasteiger partial charge in [0.15, 0.2) is 5.69 Å². The van der Waals surface area contributed by atoms with E-state index in [9.17, 15) is 4.79 Å². The van der Waals surface area contributed by atoms with E-state index in [0.29, 0.717) is 12.2 Å². The fraction of sp³-hybridized carbons (Fsp3) is 0.0385. The summed E-state index contributed by atoms with van der Waals surface area (Å²) >= 11 is 3.43. The van der Waals surface area contributed by atoms with Crippen molar-refractivity contribution in [1.29, 1.82) is 0 Å². The summed E-state index contributed by atoms with van der Waals surface area (Å²) in [6.07, 6.45) is 3.50. The number of halogens is 1. The molecule has 0 aliphatic heterocycles. The van der Waals surface area contributed by atoms with Crippen molar-refractivity contribution in [1.82, 2.24) is 15.2 Å². The topological polar surface area (TPSA) is 59.3 Å². The molecule has 1 N–H and O–H groups in total. The van der Waals surface area contributed by atoms with Crippen LogP contribution in [0.15, 0.2) is 101 Å². The number of benzene rings is 4. The van der Waals surface area contributed by atoms with Crippen molar-refractivity contribution in [2.75, 3.05) is 0 Å². The van der Waals surface area contributed by atoms with Crippen LogP contribution in [0.4, 0.5) is 0 Å². The fourth-order valence-corrected chi connectivity index (χ4v) is 4.01. The largest absolute Gasteiger partial charge is 0.291 e. The Kier molecular flexibility index (Phi) is 5.52. The lowest BCUT2D eigenvalue weighted by atomic mass is 9.97. The number of nitrogens with zero attached hydrogens (tertiary/aromatic N) is 3. The van der Waals surface area contributed by atoms with Crippen LogP contribution in [0.25, 0.3) is 21.5 Å². The van der Waals surface area contributed by atoms with Crippen molar-refractivity contribution in [2.45, 2.75) is 6.54 Å². The maximum Gasteiger partial charge on any atom is 0.291 e. The Balaban J connectivity index is 1.35. The average molecular weight is 483 g/mol. The van der Waals surface area contributed by atoms with Crippen molar-refractivity contribution in [3.63, 3.8) is 0 Å². The first-order chi connectivity index (χ1) is 15.7. The number of nitrogens with one attached hydrogen (secondary N) is 1. The number of hydrogen-bond acceptors (Lipinski definition) is 3. The molecule has 0 aliphatic rings. The predicted molar refractivity (Wildman–Crippen MR) is 132 cm³/mol. The van der Waals surface area contributed by atoms with Crippen LogP contribution in [-0.4, -0.2) is 21.9 Å². The van der Waals surface area contributed by atoms with Crippen molar-refractivity contribution in [2.24, 2.45) is 5.10 Å². The SMILES string of the molecule is O=C(NN=Cc1c2ccccc2cc2ccccc12)c1ccn(Cc2ccc(Br)cc2)n1. The van der Waals surface area contributed by atoms with Gasteiger partial charge >= 0.3 is 0 Å². The number of hydrazone groups is 1. The molecule has 1 aromatic heterocycles. The van der Waals surface area contributed by atoms with E-state index in [-0.39, 0.29) is 5.91 Å². The molecule has 6 heteroatoms. The summed E-state index contributed by atoms with van der Waals surface area (Å²) in [6, 6.07) is 28.2. The van der Waals surface area contributed by atoms with E-state index >= 15 is 0 Å². The molecular weight excluding hydrogens is 464 g/mol. The van der Waals surface area contributed by atoms with E-state index in [0.717, 1.165) is 37.1 Å². The average Bonchev–Trinajstić information content (AvgIpc) is 3.28. The highest BCUT2D eigenvalue weighted by Crippen LogP contribution is 2.27. The van der Waals surface area contributed by atoms with Gasteiger partial charge in [-0.05, 0) is 51.4 Å². The van der Waals surface area contributed by atoms with Gasteiger partial charge in [0, 0.05) is 16.2 Å². The molecule has 32 heavy (non-hydrogen) atoms. The Morgan fingerprint density at radius 3 is 2.28 bits per heavy atom. The van der Waals surface area contributed by atoms with Crippen LogP contribution in [0, 0.1) is 0 Å². The molecule has 5 nitrogen and oxygen atoms in total. The first kappa shape index (κ1) is 20.2. The number of hydrogen-bond donors (Lipinski definition) is 1. The highest BCUT2D eigenvalue weighted by Gasteiger charge is 2.10. The fourth-order valence-electron chi connectivity index (χ4n) is 3.75. The van der Waals surface area contributed by atoms with Crippen molar-refractivity contribution in [3.8, 4) is 0 Å². The van der Waals surface area contributed by atoms with Gasteiger partial charge in [0.1, 0.15) is 0 Å². The van der Waals surface area contributed by atoms with E-state index in [1.54, 1.807) is 23.2 Å². The molecule has 156 valence electrons. The van der Waals surface area contributed by atoms with Gasteiger partial charge < -0.3 is 0 Å². The molecule has 4 aromatic carbocycles. The zero-order chi connectivity index (χ0) is 21.9. The van der Waals surface area contributed by atoms with Gasteiger partial charge in [0.05, 0.1) is 12.8 Å². The molecule has 0 unspecified atom stereocenters. The van der Waals surface area contributed by atoms with Gasteiger partial charge in [0.2, 0.25) is 0 Å². The summed E-state index contributed by atoms with van der Waals surface area (Å²) in [4.78, 5) is 12.6. The Bertz CT molecular complexity index is 1400. The Labute approximate surface area is 193 Å². The lowest BCUT2D eigenvalue weighted by Gasteiger charge is -2.07.